The number of nitrogens with one attached hydrogen (secondary N) is 1. The lowest BCUT2D eigenvalue weighted by Crippen LogP contribution is -2.13. The highest BCUT2D eigenvalue weighted by Crippen LogP contribution is 2.35. The van der Waals surface area contributed by atoms with Crippen molar-refractivity contribution < 1.29 is 17.6 Å². The summed E-state index contributed by atoms with van der Waals surface area (Å²) in [6.45, 7) is -0.0727. The van der Waals surface area contributed by atoms with E-state index in [2.05, 4.69) is 10.3 Å². The summed E-state index contributed by atoms with van der Waals surface area (Å²) in [7, 11) is 0. The van der Waals surface area contributed by atoms with Crippen LogP contribution in [0.3, 0.4) is 0 Å². The number of pyridine rings is 1. The van der Waals surface area contributed by atoms with Crippen LogP contribution in [0.5, 0.6) is 0 Å². The van der Waals surface area contributed by atoms with Crippen molar-refractivity contribution in [1.82, 2.24) is 4.98 Å². The van der Waals surface area contributed by atoms with Crippen LogP contribution in [-0.4, -0.2) is 11.2 Å². The first kappa shape index (κ1) is 17.5. The monoisotopic (exact) mass is 366 g/mol. The van der Waals surface area contributed by atoms with Crippen molar-refractivity contribution in [3.05, 3.63) is 65.6 Å². The van der Waals surface area contributed by atoms with Gasteiger partial charge in [-0.25, -0.2) is 4.39 Å². The molecule has 7 heteroatoms. The van der Waals surface area contributed by atoms with Gasteiger partial charge in [-0.15, -0.1) is 11.8 Å². The van der Waals surface area contributed by atoms with Crippen LogP contribution in [0.4, 0.5) is 23.2 Å². The SMILES string of the molecule is CSc1cnc2ccccc2c1NCc1ccc(F)cc1C(F)(F)F. The number of halogens is 4. The molecule has 0 aliphatic carbocycles. The Bertz CT molecular complexity index is 909. The van der Waals surface area contributed by atoms with Crippen LogP contribution in [0.2, 0.25) is 0 Å². The molecule has 0 bridgehead atoms. The Kier molecular flexibility index (Phi) is 4.85. The lowest BCUT2D eigenvalue weighted by atomic mass is 10.1. The highest BCUT2D eigenvalue weighted by atomic mass is 32.2. The van der Waals surface area contributed by atoms with Crippen LogP contribution in [0.25, 0.3) is 10.9 Å². The summed E-state index contributed by atoms with van der Waals surface area (Å²) < 4.78 is 52.7. The van der Waals surface area contributed by atoms with E-state index in [0.29, 0.717) is 6.07 Å². The van der Waals surface area contributed by atoms with Gasteiger partial charge in [0.1, 0.15) is 5.82 Å². The normalized spacial score (nSPS) is 11.7. The van der Waals surface area contributed by atoms with Gasteiger partial charge in [-0.3, -0.25) is 4.98 Å². The van der Waals surface area contributed by atoms with Crippen LogP contribution in [-0.2, 0) is 12.7 Å². The molecule has 0 fully saturated rings. The zero-order valence-corrected chi connectivity index (χ0v) is 14.0. The predicted molar refractivity (Wildman–Crippen MR) is 92.3 cm³/mol. The van der Waals surface area contributed by atoms with Crippen molar-refractivity contribution in [2.75, 3.05) is 11.6 Å². The van der Waals surface area contributed by atoms with E-state index in [0.717, 1.165) is 33.6 Å². The minimum atomic E-state index is -4.61. The molecule has 0 saturated heterocycles. The molecule has 0 aliphatic heterocycles. The summed E-state index contributed by atoms with van der Waals surface area (Å²) in [5, 5.41) is 3.90. The number of rotatable bonds is 4. The number of thioether (sulfide) groups is 1. The molecule has 0 unspecified atom stereocenters. The van der Waals surface area contributed by atoms with Crippen LogP contribution >= 0.6 is 11.8 Å². The first-order valence-corrected chi connectivity index (χ1v) is 8.64. The Morgan fingerprint density at radius 3 is 2.60 bits per heavy atom. The van der Waals surface area contributed by atoms with Gasteiger partial charge in [0.2, 0.25) is 0 Å². The van der Waals surface area contributed by atoms with E-state index in [1.165, 1.54) is 11.8 Å². The molecule has 0 spiro atoms. The molecule has 0 aliphatic rings. The molecule has 3 rings (SSSR count). The molecule has 2 aromatic carbocycles. The smallest absolute Gasteiger partial charge is 0.379 e. The summed E-state index contributed by atoms with van der Waals surface area (Å²) in [6, 6.07) is 10.1. The fraction of sp³-hybridized carbons (Fsp3) is 0.167. The summed E-state index contributed by atoms with van der Waals surface area (Å²) in [5.74, 6) is -0.907. The van der Waals surface area contributed by atoms with Crippen molar-refractivity contribution in [1.29, 1.82) is 0 Å². The molecule has 1 heterocycles. The largest absolute Gasteiger partial charge is 0.416 e. The minimum absolute atomic E-state index is 0.0122. The third-order valence-electron chi connectivity index (χ3n) is 3.79. The predicted octanol–water partition coefficient (Wildman–Crippen LogP) is 5.73. The number of hydrogen-bond donors (Lipinski definition) is 1. The quantitative estimate of drug-likeness (QED) is 0.472. The maximum Gasteiger partial charge on any atom is 0.416 e. The average Bonchev–Trinajstić information content (AvgIpc) is 2.59. The topological polar surface area (TPSA) is 24.9 Å². The van der Waals surface area contributed by atoms with Crippen LogP contribution < -0.4 is 5.32 Å². The number of benzene rings is 2. The van der Waals surface area contributed by atoms with Gasteiger partial charge >= 0.3 is 6.18 Å². The van der Waals surface area contributed by atoms with Gasteiger partial charge in [-0.1, -0.05) is 24.3 Å². The molecule has 130 valence electrons. The lowest BCUT2D eigenvalue weighted by molar-refractivity contribution is -0.138. The first-order valence-electron chi connectivity index (χ1n) is 7.41. The zero-order valence-electron chi connectivity index (χ0n) is 13.2. The molecule has 1 aromatic heterocycles. The summed E-state index contributed by atoms with van der Waals surface area (Å²) >= 11 is 1.45. The third kappa shape index (κ3) is 3.71. The van der Waals surface area contributed by atoms with Gasteiger partial charge in [0, 0.05) is 23.0 Å². The number of fused-ring (bicyclic) bond motifs is 1. The summed E-state index contributed by atoms with van der Waals surface area (Å²) in [5.41, 5.74) is 0.486. The fourth-order valence-electron chi connectivity index (χ4n) is 2.61. The first-order chi connectivity index (χ1) is 11.9. The number of aromatic nitrogens is 1. The van der Waals surface area contributed by atoms with Gasteiger partial charge in [0.25, 0.3) is 0 Å². The molecule has 3 aromatic rings. The van der Waals surface area contributed by atoms with Crippen LogP contribution in [0.15, 0.2) is 53.6 Å². The molecule has 25 heavy (non-hydrogen) atoms. The molecular formula is C18H14F4N2S. The Hall–Kier alpha value is -2.28. The van der Waals surface area contributed by atoms with Gasteiger partial charge in [-0.05, 0) is 30.0 Å². The number of para-hydroxylation sites is 1. The highest BCUT2D eigenvalue weighted by Gasteiger charge is 2.33. The molecule has 2 nitrogen and oxygen atoms in total. The van der Waals surface area contributed by atoms with E-state index in [1.807, 2.05) is 30.5 Å². The molecular weight excluding hydrogens is 352 g/mol. The second kappa shape index (κ2) is 6.92. The van der Waals surface area contributed by atoms with E-state index in [-0.39, 0.29) is 12.1 Å². The lowest BCUT2D eigenvalue weighted by Gasteiger charge is -2.16. The molecule has 0 atom stereocenters. The standard InChI is InChI=1S/C18H14F4N2S/c1-25-16-10-23-15-5-3-2-4-13(15)17(16)24-9-11-6-7-12(19)8-14(11)18(20,21)22/h2-8,10H,9H2,1H3,(H,23,24). The van der Waals surface area contributed by atoms with Crippen molar-refractivity contribution in [2.45, 2.75) is 17.6 Å². The Morgan fingerprint density at radius 2 is 1.88 bits per heavy atom. The minimum Gasteiger partial charge on any atom is -0.379 e. The van der Waals surface area contributed by atoms with Gasteiger partial charge in [0.15, 0.2) is 0 Å². The van der Waals surface area contributed by atoms with Crippen molar-refractivity contribution >= 4 is 28.4 Å². The Morgan fingerprint density at radius 1 is 1.12 bits per heavy atom. The number of nitrogens with zero attached hydrogens (tertiary/aromatic N) is 1. The van der Waals surface area contributed by atoms with Crippen LogP contribution in [0.1, 0.15) is 11.1 Å². The van der Waals surface area contributed by atoms with Crippen molar-refractivity contribution in [3.8, 4) is 0 Å². The zero-order chi connectivity index (χ0) is 18.0. The molecule has 1 N–H and O–H groups in total. The molecule has 0 amide bonds. The third-order valence-corrected chi connectivity index (χ3v) is 4.54. The number of alkyl halides is 3. The van der Waals surface area contributed by atoms with E-state index >= 15 is 0 Å². The summed E-state index contributed by atoms with van der Waals surface area (Å²) in [4.78, 5) is 5.17. The second-order valence-corrected chi connectivity index (χ2v) is 6.22. The van der Waals surface area contributed by atoms with E-state index in [1.54, 1.807) is 6.20 Å². The Labute approximate surface area is 146 Å². The number of anilines is 1. The maximum absolute atomic E-state index is 13.2. The highest BCUT2D eigenvalue weighted by molar-refractivity contribution is 7.98. The maximum atomic E-state index is 13.2. The Balaban J connectivity index is 1.99. The van der Waals surface area contributed by atoms with E-state index in [9.17, 15) is 17.6 Å². The van der Waals surface area contributed by atoms with Gasteiger partial charge < -0.3 is 5.32 Å². The summed E-state index contributed by atoms with van der Waals surface area (Å²) in [6.07, 6.45) is -1.05. The molecule has 0 radical (unpaired) electrons. The van der Waals surface area contributed by atoms with Gasteiger partial charge in [0.05, 0.1) is 16.8 Å². The fourth-order valence-corrected chi connectivity index (χ4v) is 3.15. The number of hydrogen-bond acceptors (Lipinski definition) is 3. The van der Waals surface area contributed by atoms with Gasteiger partial charge in [-0.2, -0.15) is 13.2 Å². The van der Waals surface area contributed by atoms with Crippen molar-refractivity contribution in [2.24, 2.45) is 0 Å². The van der Waals surface area contributed by atoms with Crippen LogP contribution in [0, 0.1) is 5.82 Å². The van der Waals surface area contributed by atoms with E-state index in [4.69, 9.17) is 0 Å². The second-order valence-electron chi connectivity index (χ2n) is 5.37. The van der Waals surface area contributed by atoms with Crippen molar-refractivity contribution in [3.63, 3.8) is 0 Å². The molecule has 0 saturated carbocycles. The van der Waals surface area contributed by atoms with E-state index < -0.39 is 17.6 Å². The average molecular weight is 366 g/mol.